The second kappa shape index (κ2) is 10.6. The van der Waals surface area contributed by atoms with Gasteiger partial charge in [-0.2, -0.15) is 0 Å². The van der Waals surface area contributed by atoms with Gasteiger partial charge in [0.25, 0.3) is 0 Å². The minimum absolute atomic E-state index is 0.921. The molecule has 1 heteroatoms. The SMILES string of the molecule is C=C/C=C(\C=C)N(/C(C=C)=C/C=C\C)/C(C=C)=C/CC. The van der Waals surface area contributed by atoms with E-state index in [2.05, 4.69) is 44.2 Å². The largest absolute Gasteiger partial charge is 0.311 e. The summed E-state index contributed by atoms with van der Waals surface area (Å²) in [6, 6.07) is 0. The Kier molecular flexibility index (Phi) is 9.41. The van der Waals surface area contributed by atoms with E-state index in [0.717, 1.165) is 23.5 Å². The van der Waals surface area contributed by atoms with Gasteiger partial charge in [-0.1, -0.05) is 57.5 Å². The summed E-state index contributed by atoms with van der Waals surface area (Å²) in [5, 5.41) is 0. The van der Waals surface area contributed by atoms with Crippen LogP contribution in [0.3, 0.4) is 0 Å². The summed E-state index contributed by atoms with van der Waals surface area (Å²) in [6.07, 6.45) is 18.1. The van der Waals surface area contributed by atoms with Crippen LogP contribution in [-0.2, 0) is 0 Å². The van der Waals surface area contributed by atoms with Crippen molar-refractivity contribution in [2.75, 3.05) is 0 Å². The second-order valence-corrected chi connectivity index (χ2v) is 3.93. The van der Waals surface area contributed by atoms with Crippen LogP contribution in [0.4, 0.5) is 0 Å². The number of nitrogens with zero attached hydrogens (tertiary/aromatic N) is 1. The van der Waals surface area contributed by atoms with Gasteiger partial charge in [0, 0.05) is 17.1 Å². The lowest BCUT2D eigenvalue weighted by Gasteiger charge is -2.27. The van der Waals surface area contributed by atoms with Gasteiger partial charge in [-0.25, -0.2) is 0 Å². The molecule has 0 amide bonds. The van der Waals surface area contributed by atoms with Crippen molar-refractivity contribution in [2.45, 2.75) is 20.3 Å². The van der Waals surface area contributed by atoms with Gasteiger partial charge in [-0.05, 0) is 43.7 Å². The molecule has 0 aliphatic carbocycles. The molecule has 0 rings (SSSR count). The molecule has 0 aliphatic heterocycles. The van der Waals surface area contributed by atoms with E-state index in [-0.39, 0.29) is 0 Å². The highest BCUT2D eigenvalue weighted by Gasteiger charge is 2.12. The van der Waals surface area contributed by atoms with E-state index in [9.17, 15) is 0 Å². The van der Waals surface area contributed by atoms with Crippen molar-refractivity contribution in [3.8, 4) is 0 Å². The molecule has 20 heavy (non-hydrogen) atoms. The van der Waals surface area contributed by atoms with Crippen LogP contribution in [-0.4, -0.2) is 4.90 Å². The molecule has 0 saturated heterocycles. The van der Waals surface area contributed by atoms with Gasteiger partial charge < -0.3 is 4.90 Å². The highest BCUT2D eigenvalue weighted by atomic mass is 15.2. The Balaban J connectivity index is 6.03. The molecule has 0 N–H and O–H groups in total. The van der Waals surface area contributed by atoms with Gasteiger partial charge in [-0.15, -0.1) is 0 Å². The molecular formula is C19H25N. The Morgan fingerprint density at radius 1 is 0.900 bits per heavy atom. The van der Waals surface area contributed by atoms with Crippen molar-refractivity contribution in [3.63, 3.8) is 0 Å². The van der Waals surface area contributed by atoms with E-state index >= 15 is 0 Å². The highest BCUT2D eigenvalue weighted by Crippen LogP contribution is 2.23. The van der Waals surface area contributed by atoms with Crippen LogP contribution in [0.1, 0.15) is 20.3 Å². The summed E-state index contributed by atoms with van der Waals surface area (Å²) in [5.74, 6) is 0. The van der Waals surface area contributed by atoms with Crippen molar-refractivity contribution in [1.82, 2.24) is 4.90 Å². The van der Waals surface area contributed by atoms with Crippen LogP contribution < -0.4 is 0 Å². The van der Waals surface area contributed by atoms with Crippen LogP contribution in [0.2, 0.25) is 0 Å². The first-order chi connectivity index (χ1) is 9.69. The second-order valence-electron chi connectivity index (χ2n) is 3.93. The zero-order valence-corrected chi connectivity index (χ0v) is 12.7. The number of hydrogen-bond donors (Lipinski definition) is 0. The molecule has 1 nitrogen and oxygen atoms in total. The van der Waals surface area contributed by atoms with Gasteiger partial charge >= 0.3 is 0 Å². The van der Waals surface area contributed by atoms with Crippen molar-refractivity contribution < 1.29 is 0 Å². The van der Waals surface area contributed by atoms with E-state index in [1.807, 2.05) is 43.4 Å². The van der Waals surface area contributed by atoms with Gasteiger partial charge in [-0.3, -0.25) is 0 Å². The third kappa shape index (κ3) is 5.15. The lowest BCUT2D eigenvalue weighted by atomic mass is 10.2. The molecule has 0 aromatic heterocycles. The molecule has 0 aliphatic rings. The van der Waals surface area contributed by atoms with Crippen LogP contribution in [0.15, 0.2) is 98.1 Å². The molecular weight excluding hydrogens is 242 g/mol. The normalized spacial score (nSPS) is 13.2. The first kappa shape index (κ1) is 17.7. The fourth-order valence-corrected chi connectivity index (χ4v) is 1.71. The number of hydrogen-bond acceptors (Lipinski definition) is 1. The molecule has 0 saturated carbocycles. The van der Waals surface area contributed by atoms with Gasteiger partial charge in [0.15, 0.2) is 0 Å². The van der Waals surface area contributed by atoms with Gasteiger partial charge in [0.1, 0.15) is 0 Å². The maximum Gasteiger partial charge on any atom is 0.0455 e. The predicted octanol–water partition coefficient (Wildman–Crippen LogP) is 5.67. The van der Waals surface area contributed by atoms with E-state index in [4.69, 9.17) is 0 Å². The molecule has 106 valence electrons. The van der Waals surface area contributed by atoms with E-state index in [1.54, 1.807) is 12.2 Å². The maximum atomic E-state index is 3.90. The first-order valence-corrected chi connectivity index (χ1v) is 6.73. The summed E-state index contributed by atoms with van der Waals surface area (Å²) in [6.45, 7) is 19.5. The van der Waals surface area contributed by atoms with Crippen molar-refractivity contribution in [3.05, 3.63) is 98.1 Å². The van der Waals surface area contributed by atoms with E-state index in [1.165, 1.54) is 0 Å². The smallest absolute Gasteiger partial charge is 0.0455 e. The summed E-state index contributed by atoms with van der Waals surface area (Å²) in [7, 11) is 0. The lowest BCUT2D eigenvalue weighted by Crippen LogP contribution is -2.19. The first-order valence-electron chi connectivity index (χ1n) is 6.73. The fraction of sp³-hybridized carbons (Fsp3) is 0.158. The zero-order valence-electron chi connectivity index (χ0n) is 12.7. The van der Waals surface area contributed by atoms with Crippen LogP contribution in [0, 0.1) is 0 Å². The van der Waals surface area contributed by atoms with Gasteiger partial charge in [0.2, 0.25) is 0 Å². The summed E-state index contributed by atoms with van der Waals surface area (Å²) in [4.78, 5) is 2.05. The van der Waals surface area contributed by atoms with Crippen LogP contribution in [0.5, 0.6) is 0 Å². The number of allylic oxidation sites excluding steroid dienone is 9. The molecule has 0 spiro atoms. The Morgan fingerprint density at radius 2 is 1.45 bits per heavy atom. The van der Waals surface area contributed by atoms with E-state index < -0.39 is 0 Å². The van der Waals surface area contributed by atoms with Crippen LogP contribution >= 0.6 is 0 Å². The molecule has 0 fully saturated rings. The molecule has 0 unspecified atom stereocenters. The monoisotopic (exact) mass is 267 g/mol. The predicted molar refractivity (Wildman–Crippen MR) is 92.0 cm³/mol. The highest BCUT2D eigenvalue weighted by molar-refractivity contribution is 5.39. The molecule has 0 aromatic rings. The zero-order chi connectivity index (χ0) is 15.4. The maximum absolute atomic E-state index is 3.90. The average Bonchev–Trinajstić information content (AvgIpc) is 2.48. The molecule has 0 radical (unpaired) electrons. The fourth-order valence-electron chi connectivity index (χ4n) is 1.71. The third-order valence-corrected chi connectivity index (χ3v) is 2.56. The standard InChI is InChI=1S/C19H25N/c1-7-13-16-19(12-6)20(17(10-4)14-8-2)18(11-5)15-9-3/h7-8,10-16H,2,4-6,9H2,1,3H3/b13-7-,17-14+,18-15+,19-16+. The van der Waals surface area contributed by atoms with Crippen molar-refractivity contribution in [2.24, 2.45) is 0 Å². The summed E-state index contributed by atoms with van der Waals surface area (Å²) < 4.78 is 0. The van der Waals surface area contributed by atoms with Crippen LogP contribution in [0.25, 0.3) is 0 Å². The Bertz CT molecular complexity index is 470. The van der Waals surface area contributed by atoms with Crippen molar-refractivity contribution in [1.29, 1.82) is 0 Å². The third-order valence-electron chi connectivity index (χ3n) is 2.56. The lowest BCUT2D eigenvalue weighted by molar-refractivity contribution is 0.576. The minimum atomic E-state index is 0.921. The molecule has 0 bridgehead atoms. The van der Waals surface area contributed by atoms with E-state index in [0.29, 0.717) is 0 Å². The molecule has 0 aromatic carbocycles. The summed E-state index contributed by atoms with van der Waals surface area (Å²) >= 11 is 0. The molecule has 0 atom stereocenters. The Morgan fingerprint density at radius 3 is 1.85 bits per heavy atom. The van der Waals surface area contributed by atoms with Gasteiger partial charge in [0.05, 0.1) is 0 Å². The molecule has 0 heterocycles. The Hall–Kier alpha value is -2.28. The van der Waals surface area contributed by atoms with Crippen molar-refractivity contribution >= 4 is 0 Å². The topological polar surface area (TPSA) is 3.24 Å². The number of rotatable bonds is 9. The quantitative estimate of drug-likeness (QED) is 0.486. The summed E-state index contributed by atoms with van der Waals surface area (Å²) in [5.41, 5.74) is 2.88. The Labute approximate surface area is 124 Å². The average molecular weight is 267 g/mol. The minimum Gasteiger partial charge on any atom is -0.311 e.